The Kier molecular flexibility index (Phi) is 14.1. The van der Waals surface area contributed by atoms with Crippen LogP contribution in [0.25, 0.3) is 0 Å². The number of hydrogen-bond donors (Lipinski definition) is 0. The van der Waals surface area contributed by atoms with Crippen molar-refractivity contribution in [1.82, 2.24) is 23.9 Å². The van der Waals surface area contributed by atoms with Crippen molar-refractivity contribution in [2.45, 2.75) is 13.8 Å². The normalized spacial score (nSPS) is 10.3. The highest BCUT2D eigenvalue weighted by atomic mass is 16.7. The first-order valence-electron chi connectivity index (χ1n) is 13.8. The van der Waals surface area contributed by atoms with E-state index in [1.807, 2.05) is 0 Å². The third-order valence-electron chi connectivity index (χ3n) is 6.01. The van der Waals surface area contributed by atoms with E-state index in [4.69, 9.17) is 9.47 Å². The third kappa shape index (κ3) is 12.2. The van der Waals surface area contributed by atoms with Gasteiger partial charge >= 0.3 is 11.5 Å². The molecule has 5 aromatic rings. The van der Waals surface area contributed by atoms with Crippen LogP contribution in [-0.4, -0.2) is 55.3 Å². The Balaban J connectivity index is 0.000000219. The lowest BCUT2D eigenvalue weighted by Gasteiger charge is -1.98. The minimum atomic E-state index is -0.528. The second kappa shape index (κ2) is 18.2. The summed E-state index contributed by atoms with van der Waals surface area (Å²) in [4.78, 5) is 51.9. The van der Waals surface area contributed by atoms with Gasteiger partial charge in [-0.25, -0.2) is 0 Å². The fraction of sp³-hybridized carbons (Fsp3) is 0.214. The van der Waals surface area contributed by atoms with Gasteiger partial charge in [-0.1, -0.05) is 18.2 Å². The Labute approximate surface area is 281 Å². The van der Waals surface area contributed by atoms with Gasteiger partial charge in [-0.2, -0.15) is 5.10 Å². The third-order valence-corrected chi connectivity index (χ3v) is 6.01. The van der Waals surface area contributed by atoms with Crippen molar-refractivity contribution in [2.24, 2.45) is 21.1 Å². The van der Waals surface area contributed by atoms with Crippen molar-refractivity contribution in [3.63, 3.8) is 0 Å². The molecule has 22 nitrogen and oxygen atoms in total. The van der Waals surface area contributed by atoms with Crippen LogP contribution in [0.3, 0.4) is 0 Å². The fourth-order valence-corrected chi connectivity index (χ4v) is 3.59. The number of nitro benzene ring substituents is 2. The molecule has 1 aliphatic rings. The summed E-state index contributed by atoms with van der Waals surface area (Å²) in [6.45, 7) is 3.52. The Morgan fingerprint density at radius 2 is 1.26 bits per heavy atom. The van der Waals surface area contributed by atoms with Gasteiger partial charge in [0, 0.05) is 50.6 Å². The Morgan fingerprint density at radius 3 is 1.62 bits per heavy atom. The van der Waals surface area contributed by atoms with E-state index in [1.54, 1.807) is 70.0 Å². The van der Waals surface area contributed by atoms with Crippen LogP contribution in [0.4, 0.5) is 28.6 Å². The fourth-order valence-electron chi connectivity index (χ4n) is 3.59. The molecule has 3 aromatic heterocycles. The van der Waals surface area contributed by atoms with E-state index in [2.05, 4.69) is 10.1 Å². The minimum absolute atomic E-state index is 0.0255. The molecule has 22 heteroatoms. The largest absolute Gasteiger partial charge is 0.454 e. The molecule has 0 radical (unpaired) electrons. The monoisotopic (exact) mass is 698 g/mol. The number of para-hydroxylation sites is 1. The highest BCUT2D eigenvalue weighted by Crippen LogP contribution is 2.37. The molecule has 0 saturated carbocycles. The number of aromatic nitrogens is 5. The highest BCUT2D eigenvalue weighted by molar-refractivity contribution is 5.54. The molecule has 0 amide bonds. The summed E-state index contributed by atoms with van der Waals surface area (Å²) in [5, 5.41) is 54.3. The summed E-state index contributed by atoms with van der Waals surface area (Å²) in [6, 6.07) is 11.1. The predicted molar refractivity (Wildman–Crippen MR) is 174 cm³/mol. The lowest BCUT2D eigenvalue weighted by Crippen LogP contribution is -1.93. The van der Waals surface area contributed by atoms with Crippen LogP contribution in [0.15, 0.2) is 79.8 Å². The van der Waals surface area contributed by atoms with Gasteiger partial charge in [0.25, 0.3) is 17.1 Å². The second-order valence-electron chi connectivity index (χ2n) is 9.87. The lowest BCUT2D eigenvalue weighted by atomic mass is 10.2. The van der Waals surface area contributed by atoms with Gasteiger partial charge < -0.3 is 28.7 Å². The van der Waals surface area contributed by atoms with E-state index in [0.717, 1.165) is 0 Å². The minimum Gasteiger partial charge on any atom is -0.454 e. The van der Waals surface area contributed by atoms with E-state index < -0.39 is 19.7 Å². The zero-order valence-corrected chi connectivity index (χ0v) is 27.1. The number of nitro groups is 5. The molecule has 4 heterocycles. The summed E-state index contributed by atoms with van der Waals surface area (Å²) in [7, 11) is 5.06. The van der Waals surface area contributed by atoms with Crippen molar-refractivity contribution >= 4 is 28.6 Å². The first kappa shape index (κ1) is 38.9. The predicted octanol–water partition coefficient (Wildman–Crippen LogP) is 5.13. The van der Waals surface area contributed by atoms with Gasteiger partial charge in [-0.3, -0.25) is 45.1 Å². The lowest BCUT2D eigenvalue weighted by molar-refractivity contribution is -0.389. The molecular weight excluding hydrogens is 668 g/mol. The second-order valence-corrected chi connectivity index (χ2v) is 9.87. The first-order chi connectivity index (χ1) is 23.5. The summed E-state index contributed by atoms with van der Waals surface area (Å²) >= 11 is 0. The highest BCUT2D eigenvalue weighted by Gasteiger charge is 2.20. The average Bonchev–Trinajstić information content (AvgIpc) is 3.86. The molecule has 6 rings (SSSR count). The van der Waals surface area contributed by atoms with Crippen molar-refractivity contribution < 1.29 is 34.1 Å². The number of ether oxygens (including phenoxy) is 2. The Bertz CT molecular complexity index is 1850. The van der Waals surface area contributed by atoms with E-state index >= 15 is 0 Å². The number of rotatable bonds is 5. The average molecular weight is 699 g/mol. The van der Waals surface area contributed by atoms with Gasteiger partial charge in [0.2, 0.25) is 13.1 Å². The Morgan fingerprint density at radius 1 is 0.660 bits per heavy atom. The standard InChI is InChI=1S/C8H7NO4.C7H7NO2.C5H6N2O2.2C4H5N3O2/c1-5-2-7-8(13-4-12-7)3-6(5)9(10)11;1-6-4-2-3-5-7(6)8(9)10;1-6-3-2-5(4-6)7(8)9;1-6-2-4(5-3-6)7(8)9;1-6-3-4(2-5-6)7(8)9/h2-3H,4H2,1H3;2-5H,1H3;2-4H,1H3;2*2-3H,1H3. The molecule has 0 N–H and O–H groups in total. The van der Waals surface area contributed by atoms with Crippen LogP contribution >= 0.6 is 0 Å². The molecule has 2 aromatic carbocycles. The van der Waals surface area contributed by atoms with Crippen molar-refractivity contribution in [3.8, 4) is 11.5 Å². The first-order valence-corrected chi connectivity index (χ1v) is 13.8. The van der Waals surface area contributed by atoms with E-state index in [1.165, 1.54) is 58.6 Å². The summed E-state index contributed by atoms with van der Waals surface area (Å²) in [5.74, 6) is 0.901. The maximum atomic E-state index is 10.5. The molecule has 1 aliphatic heterocycles. The maximum Gasteiger partial charge on any atom is 0.381 e. The number of benzene rings is 2. The van der Waals surface area contributed by atoms with E-state index in [-0.39, 0.29) is 40.3 Å². The zero-order valence-electron chi connectivity index (χ0n) is 27.1. The van der Waals surface area contributed by atoms with Crippen LogP contribution in [0, 0.1) is 64.4 Å². The molecule has 264 valence electrons. The molecule has 0 saturated heterocycles. The molecule has 0 unspecified atom stereocenters. The quantitative estimate of drug-likeness (QED) is 0.170. The Hall–Kier alpha value is -7.26. The molecule has 50 heavy (non-hydrogen) atoms. The number of imidazole rings is 1. The van der Waals surface area contributed by atoms with Crippen LogP contribution in [0.5, 0.6) is 11.5 Å². The van der Waals surface area contributed by atoms with E-state index in [0.29, 0.717) is 22.6 Å². The van der Waals surface area contributed by atoms with Crippen LogP contribution in [0.1, 0.15) is 11.1 Å². The van der Waals surface area contributed by atoms with Crippen LogP contribution in [0.2, 0.25) is 0 Å². The SMILES string of the molecule is Cc1cc2c(cc1[N+](=O)[O-])OCO2.Cc1ccccc1[N+](=O)[O-].Cn1cc([N+](=O)[O-])cn1.Cn1ccc([N+](=O)[O-])c1.Cn1cnc([N+](=O)[O-])c1. The number of nitrogens with zero attached hydrogens (tertiary/aromatic N) is 10. The number of aryl methyl sites for hydroxylation is 5. The summed E-state index contributed by atoms with van der Waals surface area (Å²) in [6.07, 6.45) is 8.39. The van der Waals surface area contributed by atoms with Gasteiger partial charge in [0.05, 0.1) is 32.0 Å². The van der Waals surface area contributed by atoms with Gasteiger partial charge in [0.15, 0.2) is 11.5 Å². The molecule has 0 fully saturated rings. The number of fused-ring (bicyclic) bond motifs is 1. The van der Waals surface area contributed by atoms with Crippen LogP contribution in [-0.2, 0) is 21.1 Å². The van der Waals surface area contributed by atoms with Crippen molar-refractivity contribution in [3.05, 3.63) is 141 Å². The molecule has 0 aliphatic carbocycles. The number of hydrogen-bond acceptors (Lipinski definition) is 14. The molecule has 0 bridgehead atoms. The smallest absolute Gasteiger partial charge is 0.381 e. The van der Waals surface area contributed by atoms with E-state index in [9.17, 15) is 50.6 Å². The molecular formula is C28H30N10O12. The van der Waals surface area contributed by atoms with Crippen LogP contribution < -0.4 is 9.47 Å². The zero-order chi connectivity index (χ0) is 37.5. The summed E-state index contributed by atoms with van der Waals surface area (Å²) in [5.41, 5.74) is 1.68. The van der Waals surface area contributed by atoms with Gasteiger partial charge in [-0.05, 0) is 29.8 Å². The van der Waals surface area contributed by atoms with Gasteiger partial charge in [0.1, 0.15) is 18.6 Å². The van der Waals surface area contributed by atoms with Gasteiger partial charge in [-0.15, -0.1) is 0 Å². The molecule has 0 spiro atoms. The molecule has 0 atom stereocenters. The van der Waals surface area contributed by atoms with Crippen molar-refractivity contribution in [2.75, 3.05) is 6.79 Å². The maximum absolute atomic E-state index is 10.5. The summed E-state index contributed by atoms with van der Waals surface area (Å²) < 4.78 is 14.6. The van der Waals surface area contributed by atoms with Crippen molar-refractivity contribution in [1.29, 1.82) is 0 Å². The topological polar surface area (TPSA) is 275 Å².